The molecule has 2 rings (SSSR count). The highest BCUT2D eigenvalue weighted by Crippen LogP contribution is 2.22. The molecule has 1 heterocycles. The number of carbonyl (C=O) groups is 2. The average Bonchev–Trinajstić information content (AvgIpc) is 3.00. The third-order valence-corrected chi connectivity index (χ3v) is 3.87. The molecule has 0 saturated heterocycles. The number of para-hydroxylation sites is 2. The van der Waals surface area contributed by atoms with E-state index in [9.17, 15) is 9.59 Å². The summed E-state index contributed by atoms with van der Waals surface area (Å²) in [6.45, 7) is 0.479. The summed E-state index contributed by atoms with van der Waals surface area (Å²) in [5, 5.41) is 7.58. The van der Waals surface area contributed by atoms with Crippen LogP contribution in [0.5, 0.6) is 0 Å². The van der Waals surface area contributed by atoms with Gasteiger partial charge in [0.25, 0.3) is 0 Å². The number of nitrogens with two attached hydrogens (primary N) is 1. The van der Waals surface area contributed by atoms with Crippen LogP contribution in [0.3, 0.4) is 0 Å². The number of nitrogens with one attached hydrogen (secondary N) is 2. The van der Waals surface area contributed by atoms with Crippen LogP contribution in [0.2, 0.25) is 0 Å². The molecule has 0 unspecified atom stereocenters. The molecular weight excluding hydrogens is 334 g/mol. The van der Waals surface area contributed by atoms with Gasteiger partial charge in [-0.3, -0.25) is 9.59 Å². The minimum atomic E-state index is -0.106. The van der Waals surface area contributed by atoms with E-state index in [4.69, 9.17) is 5.73 Å². The van der Waals surface area contributed by atoms with Crippen molar-refractivity contribution in [3.63, 3.8) is 0 Å². The lowest BCUT2D eigenvalue weighted by molar-refractivity contribution is -0.117. The van der Waals surface area contributed by atoms with Gasteiger partial charge < -0.3 is 16.4 Å². The zero-order chi connectivity index (χ0) is 15.8. The Morgan fingerprint density at radius 2 is 1.65 bits per heavy atom. The molecule has 0 fully saturated rings. The Labute approximate surface area is 145 Å². The fraction of sp³-hybridized carbons (Fsp3) is 0.250. The SMILES string of the molecule is Cl.NCCCC(=O)Nc1ccccc1NC(=O)Cc1cccs1. The van der Waals surface area contributed by atoms with Crippen molar-refractivity contribution in [2.75, 3.05) is 17.2 Å². The van der Waals surface area contributed by atoms with Gasteiger partial charge in [0, 0.05) is 11.3 Å². The third-order valence-electron chi connectivity index (χ3n) is 3.00. The molecule has 7 heteroatoms. The highest BCUT2D eigenvalue weighted by Gasteiger charge is 2.10. The van der Waals surface area contributed by atoms with Gasteiger partial charge in [0.05, 0.1) is 17.8 Å². The fourth-order valence-corrected chi connectivity index (χ4v) is 2.65. The molecule has 0 aliphatic heterocycles. The van der Waals surface area contributed by atoms with Crippen molar-refractivity contribution >= 4 is 46.9 Å². The van der Waals surface area contributed by atoms with Crippen molar-refractivity contribution in [3.05, 3.63) is 46.7 Å². The Balaban J connectivity index is 0.00000264. The maximum Gasteiger partial charge on any atom is 0.229 e. The highest BCUT2D eigenvalue weighted by atomic mass is 35.5. The van der Waals surface area contributed by atoms with E-state index < -0.39 is 0 Å². The minimum absolute atomic E-state index is 0. The molecule has 0 radical (unpaired) electrons. The molecule has 2 amide bonds. The number of rotatable bonds is 7. The molecule has 4 N–H and O–H groups in total. The van der Waals surface area contributed by atoms with Gasteiger partial charge in [-0.05, 0) is 36.5 Å². The first-order valence-corrected chi connectivity index (χ1v) is 7.98. The predicted octanol–water partition coefficient (Wildman–Crippen LogP) is 3.03. The highest BCUT2D eigenvalue weighted by molar-refractivity contribution is 7.10. The molecule has 0 aliphatic rings. The molecule has 0 atom stereocenters. The van der Waals surface area contributed by atoms with Gasteiger partial charge in [-0.2, -0.15) is 0 Å². The first kappa shape index (κ1) is 19.2. The summed E-state index contributed by atoms with van der Waals surface area (Å²) in [7, 11) is 0. The second kappa shape index (κ2) is 9.99. The average molecular weight is 354 g/mol. The number of hydrogen-bond donors (Lipinski definition) is 3. The first-order chi connectivity index (χ1) is 10.7. The van der Waals surface area contributed by atoms with Crippen LogP contribution in [0.15, 0.2) is 41.8 Å². The number of thiophene rings is 1. The largest absolute Gasteiger partial charge is 0.330 e. The summed E-state index contributed by atoms with van der Waals surface area (Å²) in [5.41, 5.74) is 6.60. The van der Waals surface area contributed by atoms with Crippen molar-refractivity contribution in [3.8, 4) is 0 Å². The van der Waals surface area contributed by atoms with Crippen LogP contribution in [0.4, 0.5) is 11.4 Å². The quantitative estimate of drug-likeness (QED) is 0.715. The Hall–Kier alpha value is -1.89. The molecule has 124 valence electrons. The van der Waals surface area contributed by atoms with Crippen LogP contribution in [-0.2, 0) is 16.0 Å². The number of carbonyl (C=O) groups excluding carboxylic acids is 2. The van der Waals surface area contributed by atoms with Crippen LogP contribution in [-0.4, -0.2) is 18.4 Å². The summed E-state index contributed by atoms with van der Waals surface area (Å²) in [6.07, 6.45) is 1.33. The van der Waals surface area contributed by atoms with E-state index in [-0.39, 0.29) is 24.2 Å². The Kier molecular flexibility index (Phi) is 8.32. The van der Waals surface area contributed by atoms with Gasteiger partial charge >= 0.3 is 0 Å². The van der Waals surface area contributed by atoms with Crippen LogP contribution in [0, 0.1) is 0 Å². The molecule has 2 aromatic rings. The summed E-state index contributed by atoms with van der Waals surface area (Å²) in [4.78, 5) is 24.8. The van der Waals surface area contributed by atoms with Crippen molar-refractivity contribution in [2.24, 2.45) is 5.73 Å². The standard InChI is InChI=1S/C16H19N3O2S.ClH/c17-9-3-8-15(20)18-13-6-1-2-7-14(13)19-16(21)11-12-5-4-10-22-12;/h1-2,4-7,10H,3,8-9,11,17H2,(H,18,20)(H,19,21);1H. The van der Waals surface area contributed by atoms with Crippen LogP contribution < -0.4 is 16.4 Å². The number of benzene rings is 1. The van der Waals surface area contributed by atoms with Gasteiger partial charge in [0.1, 0.15) is 0 Å². The second-order valence-electron chi connectivity index (χ2n) is 4.79. The van der Waals surface area contributed by atoms with Crippen molar-refractivity contribution in [2.45, 2.75) is 19.3 Å². The van der Waals surface area contributed by atoms with Crippen molar-refractivity contribution in [1.29, 1.82) is 0 Å². The van der Waals surface area contributed by atoms with Crippen molar-refractivity contribution < 1.29 is 9.59 Å². The molecule has 0 saturated carbocycles. The number of halogens is 1. The normalized spacial score (nSPS) is 9.78. The van der Waals surface area contributed by atoms with E-state index in [1.54, 1.807) is 23.5 Å². The number of hydrogen-bond acceptors (Lipinski definition) is 4. The molecule has 5 nitrogen and oxygen atoms in total. The molecule has 1 aromatic carbocycles. The molecule has 0 spiro atoms. The van der Waals surface area contributed by atoms with E-state index in [0.29, 0.717) is 37.2 Å². The molecule has 0 aliphatic carbocycles. The van der Waals surface area contributed by atoms with Gasteiger partial charge in [0.2, 0.25) is 11.8 Å². The fourth-order valence-electron chi connectivity index (χ4n) is 1.94. The lowest BCUT2D eigenvalue weighted by Gasteiger charge is -2.12. The summed E-state index contributed by atoms with van der Waals surface area (Å²) in [5.74, 6) is -0.212. The Morgan fingerprint density at radius 1 is 1.00 bits per heavy atom. The zero-order valence-corrected chi connectivity index (χ0v) is 14.2. The summed E-state index contributed by atoms with van der Waals surface area (Å²) >= 11 is 1.54. The topological polar surface area (TPSA) is 84.2 Å². The second-order valence-corrected chi connectivity index (χ2v) is 5.82. The molecule has 23 heavy (non-hydrogen) atoms. The van der Waals surface area contributed by atoms with Gasteiger partial charge in [-0.25, -0.2) is 0 Å². The molecule has 1 aromatic heterocycles. The lowest BCUT2D eigenvalue weighted by Crippen LogP contribution is -2.18. The maximum absolute atomic E-state index is 12.1. The third kappa shape index (κ3) is 6.40. The lowest BCUT2D eigenvalue weighted by atomic mass is 10.2. The Morgan fingerprint density at radius 3 is 2.22 bits per heavy atom. The first-order valence-electron chi connectivity index (χ1n) is 7.10. The Bertz CT molecular complexity index is 632. The van der Waals surface area contributed by atoms with E-state index in [1.165, 1.54) is 0 Å². The van der Waals surface area contributed by atoms with Gasteiger partial charge in [0.15, 0.2) is 0 Å². The number of amides is 2. The van der Waals surface area contributed by atoms with E-state index >= 15 is 0 Å². The molecular formula is C16H20ClN3O2S. The van der Waals surface area contributed by atoms with Crippen LogP contribution >= 0.6 is 23.7 Å². The smallest absolute Gasteiger partial charge is 0.229 e. The van der Waals surface area contributed by atoms with Crippen LogP contribution in [0.1, 0.15) is 17.7 Å². The van der Waals surface area contributed by atoms with E-state index in [2.05, 4.69) is 10.6 Å². The molecule has 0 bridgehead atoms. The van der Waals surface area contributed by atoms with E-state index in [0.717, 1.165) is 4.88 Å². The monoisotopic (exact) mass is 353 g/mol. The van der Waals surface area contributed by atoms with Crippen LogP contribution in [0.25, 0.3) is 0 Å². The van der Waals surface area contributed by atoms with Gasteiger partial charge in [-0.1, -0.05) is 18.2 Å². The minimum Gasteiger partial charge on any atom is -0.330 e. The number of anilines is 2. The van der Waals surface area contributed by atoms with Crippen molar-refractivity contribution in [1.82, 2.24) is 0 Å². The van der Waals surface area contributed by atoms with Gasteiger partial charge in [-0.15, -0.1) is 23.7 Å². The predicted molar refractivity (Wildman–Crippen MR) is 97.3 cm³/mol. The zero-order valence-electron chi connectivity index (χ0n) is 12.6. The maximum atomic E-state index is 12.1. The summed E-state index contributed by atoms with van der Waals surface area (Å²) in [6, 6.07) is 11.0. The summed E-state index contributed by atoms with van der Waals surface area (Å²) < 4.78 is 0. The van der Waals surface area contributed by atoms with E-state index in [1.807, 2.05) is 29.6 Å².